The number of halogens is 1. The SMILES string of the molecule is CC(C)(C)c1ncc(CN2CCc3c(cc(F)cc3C(=O)O)C2)o1. The molecule has 0 bridgehead atoms. The molecule has 5 nitrogen and oxygen atoms in total. The quantitative estimate of drug-likeness (QED) is 0.933. The molecule has 0 fully saturated rings. The zero-order valence-corrected chi connectivity index (χ0v) is 14.1. The minimum Gasteiger partial charge on any atom is -0.478 e. The van der Waals surface area contributed by atoms with Crippen LogP contribution in [-0.4, -0.2) is 27.5 Å². The third-order valence-corrected chi connectivity index (χ3v) is 4.18. The van der Waals surface area contributed by atoms with E-state index in [1.54, 1.807) is 6.20 Å². The molecule has 1 aromatic carbocycles. The van der Waals surface area contributed by atoms with Gasteiger partial charge in [-0.1, -0.05) is 20.8 Å². The summed E-state index contributed by atoms with van der Waals surface area (Å²) in [5.41, 5.74) is 1.38. The Balaban J connectivity index is 1.78. The van der Waals surface area contributed by atoms with E-state index < -0.39 is 11.8 Å². The van der Waals surface area contributed by atoms with Crippen LogP contribution in [0.25, 0.3) is 0 Å². The monoisotopic (exact) mass is 332 g/mol. The average Bonchev–Trinajstić information content (AvgIpc) is 2.94. The standard InChI is InChI=1S/C18H21FN2O3/c1-18(2,3)17-20-8-13(24-17)10-21-5-4-14-11(9-21)6-12(19)7-15(14)16(22)23/h6-8H,4-5,9-10H2,1-3H3,(H,22,23). The van der Waals surface area contributed by atoms with E-state index >= 15 is 0 Å². The van der Waals surface area contributed by atoms with E-state index in [4.69, 9.17) is 4.42 Å². The molecule has 0 aliphatic carbocycles. The molecule has 1 aromatic heterocycles. The Kier molecular flexibility index (Phi) is 4.17. The number of hydrogen-bond acceptors (Lipinski definition) is 4. The first-order chi connectivity index (χ1) is 11.2. The van der Waals surface area contributed by atoms with Crippen molar-refractivity contribution in [3.05, 3.63) is 52.5 Å². The van der Waals surface area contributed by atoms with Crippen LogP contribution in [0.15, 0.2) is 22.7 Å². The van der Waals surface area contributed by atoms with Crippen molar-refractivity contribution < 1.29 is 18.7 Å². The largest absolute Gasteiger partial charge is 0.478 e. The highest BCUT2D eigenvalue weighted by Gasteiger charge is 2.25. The average molecular weight is 332 g/mol. The van der Waals surface area contributed by atoms with Gasteiger partial charge in [-0.25, -0.2) is 14.2 Å². The maximum absolute atomic E-state index is 13.7. The van der Waals surface area contributed by atoms with Gasteiger partial charge in [0, 0.05) is 18.5 Å². The van der Waals surface area contributed by atoms with Gasteiger partial charge in [0.05, 0.1) is 18.3 Å². The maximum Gasteiger partial charge on any atom is 0.336 e. The van der Waals surface area contributed by atoms with E-state index in [2.05, 4.69) is 9.88 Å². The topological polar surface area (TPSA) is 66.6 Å². The number of oxazole rings is 1. The summed E-state index contributed by atoms with van der Waals surface area (Å²) in [6.07, 6.45) is 2.31. The Labute approximate surface area is 140 Å². The minimum absolute atomic E-state index is 0.0688. The highest BCUT2D eigenvalue weighted by molar-refractivity contribution is 5.90. The predicted octanol–water partition coefficient (Wildman–Crippen LogP) is 3.37. The summed E-state index contributed by atoms with van der Waals surface area (Å²) in [6, 6.07) is 2.53. The van der Waals surface area contributed by atoms with Gasteiger partial charge in [-0.05, 0) is 29.7 Å². The minimum atomic E-state index is -1.08. The van der Waals surface area contributed by atoms with Crippen molar-refractivity contribution in [2.45, 2.75) is 45.7 Å². The van der Waals surface area contributed by atoms with E-state index in [1.807, 2.05) is 20.8 Å². The summed E-state index contributed by atoms with van der Waals surface area (Å²) in [5.74, 6) is -0.140. The summed E-state index contributed by atoms with van der Waals surface area (Å²) in [7, 11) is 0. The lowest BCUT2D eigenvalue weighted by molar-refractivity contribution is 0.0693. The third kappa shape index (κ3) is 3.33. The van der Waals surface area contributed by atoms with Crippen LogP contribution in [-0.2, 0) is 24.9 Å². The fraction of sp³-hybridized carbons (Fsp3) is 0.444. The summed E-state index contributed by atoms with van der Waals surface area (Å²) < 4.78 is 19.5. The number of carboxylic acids is 1. The fourth-order valence-electron chi connectivity index (χ4n) is 2.99. The zero-order chi connectivity index (χ0) is 17.5. The van der Waals surface area contributed by atoms with Gasteiger partial charge in [0.1, 0.15) is 11.6 Å². The Bertz CT molecular complexity index is 777. The number of nitrogens with zero attached hydrogens (tertiary/aromatic N) is 2. The van der Waals surface area contributed by atoms with Gasteiger partial charge < -0.3 is 9.52 Å². The number of benzene rings is 1. The zero-order valence-electron chi connectivity index (χ0n) is 14.1. The molecule has 0 saturated carbocycles. The van der Waals surface area contributed by atoms with E-state index in [0.29, 0.717) is 31.9 Å². The number of rotatable bonds is 3. The normalized spacial score (nSPS) is 15.3. The van der Waals surface area contributed by atoms with Gasteiger partial charge in [0.25, 0.3) is 0 Å². The number of aromatic carboxylic acids is 1. The highest BCUT2D eigenvalue weighted by atomic mass is 19.1. The molecule has 1 N–H and O–H groups in total. The second-order valence-corrected chi connectivity index (χ2v) is 7.24. The van der Waals surface area contributed by atoms with Gasteiger partial charge >= 0.3 is 5.97 Å². The van der Waals surface area contributed by atoms with Crippen LogP contribution >= 0.6 is 0 Å². The van der Waals surface area contributed by atoms with Crippen LogP contribution in [0.2, 0.25) is 0 Å². The van der Waals surface area contributed by atoms with Crippen molar-refractivity contribution >= 4 is 5.97 Å². The number of carboxylic acid groups (broad SMARTS) is 1. The summed E-state index contributed by atoms with van der Waals surface area (Å²) in [6.45, 7) is 7.88. The van der Waals surface area contributed by atoms with Gasteiger partial charge in [0.15, 0.2) is 5.89 Å². The van der Waals surface area contributed by atoms with Crippen molar-refractivity contribution in [3.63, 3.8) is 0 Å². The van der Waals surface area contributed by atoms with Gasteiger partial charge in [-0.15, -0.1) is 0 Å². The summed E-state index contributed by atoms with van der Waals surface area (Å²) in [5, 5.41) is 9.24. The van der Waals surface area contributed by atoms with Gasteiger partial charge in [-0.3, -0.25) is 4.90 Å². The van der Waals surface area contributed by atoms with Crippen molar-refractivity contribution in [1.29, 1.82) is 0 Å². The molecule has 2 aromatic rings. The van der Waals surface area contributed by atoms with Crippen LogP contribution in [0.5, 0.6) is 0 Å². The molecule has 2 heterocycles. The molecule has 0 amide bonds. The first kappa shape index (κ1) is 16.6. The van der Waals surface area contributed by atoms with Crippen molar-refractivity contribution in [1.82, 2.24) is 9.88 Å². The first-order valence-corrected chi connectivity index (χ1v) is 7.96. The van der Waals surface area contributed by atoms with Crippen molar-refractivity contribution in [3.8, 4) is 0 Å². The number of hydrogen-bond donors (Lipinski definition) is 1. The Morgan fingerprint density at radius 1 is 1.42 bits per heavy atom. The summed E-state index contributed by atoms with van der Waals surface area (Å²) >= 11 is 0. The van der Waals surface area contributed by atoms with Crippen LogP contribution in [0.3, 0.4) is 0 Å². The van der Waals surface area contributed by atoms with E-state index in [0.717, 1.165) is 23.0 Å². The van der Waals surface area contributed by atoms with Crippen LogP contribution in [0, 0.1) is 5.82 Å². The van der Waals surface area contributed by atoms with E-state index in [-0.39, 0.29) is 11.0 Å². The van der Waals surface area contributed by atoms with Crippen LogP contribution < -0.4 is 0 Å². The highest BCUT2D eigenvalue weighted by Crippen LogP contribution is 2.27. The lowest BCUT2D eigenvalue weighted by atomic mass is 9.94. The first-order valence-electron chi connectivity index (χ1n) is 7.96. The molecule has 3 rings (SSSR count). The molecule has 0 spiro atoms. The molecule has 0 atom stereocenters. The fourth-order valence-corrected chi connectivity index (χ4v) is 2.99. The van der Waals surface area contributed by atoms with Crippen LogP contribution in [0.1, 0.15) is 53.9 Å². The Hall–Kier alpha value is -2.21. The second kappa shape index (κ2) is 6.02. The molecular weight excluding hydrogens is 311 g/mol. The van der Waals surface area contributed by atoms with Gasteiger partial charge in [0.2, 0.25) is 0 Å². The molecular formula is C18H21FN2O3. The lowest BCUT2D eigenvalue weighted by Crippen LogP contribution is -2.31. The third-order valence-electron chi connectivity index (χ3n) is 4.18. The Morgan fingerprint density at radius 2 is 2.17 bits per heavy atom. The van der Waals surface area contributed by atoms with E-state index in [9.17, 15) is 14.3 Å². The molecule has 0 saturated heterocycles. The lowest BCUT2D eigenvalue weighted by Gasteiger charge is -2.28. The summed E-state index contributed by atoms with van der Waals surface area (Å²) in [4.78, 5) is 17.7. The number of carbonyl (C=O) groups is 1. The molecule has 1 aliphatic rings. The maximum atomic E-state index is 13.7. The molecule has 128 valence electrons. The number of aromatic nitrogens is 1. The molecule has 0 radical (unpaired) electrons. The smallest absolute Gasteiger partial charge is 0.336 e. The van der Waals surface area contributed by atoms with Crippen molar-refractivity contribution in [2.24, 2.45) is 0 Å². The number of fused-ring (bicyclic) bond motifs is 1. The molecule has 0 unspecified atom stereocenters. The molecule has 1 aliphatic heterocycles. The van der Waals surface area contributed by atoms with Gasteiger partial charge in [-0.2, -0.15) is 0 Å². The second-order valence-electron chi connectivity index (χ2n) is 7.24. The predicted molar refractivity (Wildman–Crippen MR) is 86.4 cm³/mol. The van der Waals surface area contributed by atoms with E-state index in [1.165, 1.54) is 6.07 Å². The van der Waals surface area contributed by atoms with Crippen molar-refractivity contribution in [2.75, 3.05) is 6.54 Å². The molecule has 24 heavy (non-hydrogen) atoms. The Morgan fingerprint density at radius 3 is 2.79 bits per heavy atom. The van der Waals surface area contributed by atoms with Crippen LogP contribution in [0.4, 0.5) is 4.39 Å². The molecule has 6 heteroatoms.